The first-order valence-corrected chi connectivity index (χ1v) is 5.95. The molecule has 7 heteroatoms. The molecule has 1 aliphatic heterocycles. The highest BCUT2D eigenvalue weighted by Gasteiger charge is 2.32. The summed E-state index contributed by atoms with van der Waals surface area (Å²) in [7, 11) is 0. The first-order chi connectivity index (χ1) is 8.47. The fourth-order valence-corrected chi connectivity index (χ4v) is 1.96. The van der Waals surface area contributed by atoms with Crippen LogP contribution in [0.2, 0.25) is 5.02 Å². The summed E-state index contributed by atoms with van der Waals surface area (Å²) < 4.78 is 42.7. The van der Waals surface area contributed by atoms with Crippen LogP contribution in [0.4, 0.5) is 13.2 Å². The molecule has 1 saturated heterocycles. The van der Waals surface area contributed by atoms with Crippen LogP contribution in [-0.4, -0.2) is 24.2 Å². The van der Waals surface area contributed by atoms with Crippen LogP contribution < -0.4 is 10.1 Å². The van der Waals surface area contributed by atoms with Crippen LogP contribution in [0, 0.1) is 0 Å². The predicted octanol–water partition coefficient (Wildman–Crippen LogP) is 2.88. The van der Waals surface area contributed by atoms with Gasteiger partial charge in [0.1, 0.15) is 11.1 Å². The van der Waals surface area contributed by atoms with Gasteiger partial charge >= 0.3 is 6.18 Å². The first kappa shape index (κ1) is 13.4. The zero-order valence-electron chi connectivity index (χ0n) is 9.43. The Morgan fingerprint density at radius 1 is 1.44 bits per heavy atom. The molecular formula is C11H12ClF3N2O. The molecule has 1 unspecified atom stereocenters. The smallest absolute Gasteiger partial charge is 0.417 e. The summed E-state index contributed by atoms with van der Waals surface area (Å²) in [6.45, 7) is 1.58. The fraction of sp³-hybridized carbons (Fsp3) is 0.545. The largest absolute Gasteiger partial charge is 0.472 e. The Bertz CT molecular complexity index is 419. The lowest BCUT2D eigenvalue weighted by Gasteiger charge is -2.23. The number of nitrogens with zero attached hydrogens (tertiary/aromatic N) is 1. The molecule has 1 atom stereocenters. The van der Waals surface area contributed by atoms with Gasteiger partial charge in [-0.2, -0.15) is 13.2 Å². The molecule has 0 saturated carbocycles. The van der Waals surface area contributed by atoms with Crippen molar-refractivity contribution < 1.29 is 17.9 Å². The Morgan fingerprint density at radius 3 is 2.78 bits per heavy atom. The predicted molar refractivity (Wildman–Crippen MR) is 60.8 cm³/mol. The number of alkyl halides is 3. The van der Waals surface area contributed by atoms with Gasteiger partial charge in [-0.15, -0.1) is 0 Å². The molecule has 0 spiro atoms. The van der Waals surface area contributed by atoms with Crippen molar-refractivity contribution in [2.24, 2.45) is 0 Å². The SMILES string of the molecule is FC(F)(F)c1cnc(OC2CCCNC2)c(Cl)c1. The molecule has 1 aromatic rings. The van der Waals surface area contributed by atoms with Gasteiger partial charge in [0.25, 0.3) is 0 Å². The topological polar surface area (TPSA) is 34.1 Å². The second-order valence-electron chi connectivity index (χ2n) is 4.09. The molecule has 1 aromatic heterocycles. The van der Waals surface area contributed by atoms with Crippen LogP contribution in [0.5, 0.6) is 5.88 Å². The molecule has 1 fully saturated rings. The van der Waals surface area contributed by atoms with Crippen LogP contribution in [0.15, 0.2) is 12.3 Å². The summed E-state index contributed by atoms with van der Waals surface area (Å²) in [5.74, 6) is 0.0540. The Hall–Kier alpha value is -1.01. The molecular weight excluding hydrogens is 269 g/mol. The summed E-state index contributed by atoms with van der Waals surface area (Å²) >= 11 is 5.75. The standard InChI is InChI=1S/C11H12ClF3N2O/c12-9-4-7(11(13,14)15)5-17-10(9)18-8-2-1-3-16-6-8/h4-5,8,16H,1-3,6H2. The number of aromatic nitrogens is 1. The highest BCUT2D eigenvalue weighted by Crippen LogP contribution is 2.33. The maximum atomic E-state index is 12.4. The average Bonchev–Trinajstić information content (AvgIpc) is 2.32. The summed E-state index contributed by atoms with van der Waals surface area (Å²) in [6, 6.07) is 0.833. The van der Waals surface area contributed by atoms with E-state index in [9.17, 15) is 13.2 Å². The van der Waals surface area contributed by atoms with Gasteiger partial charge in [-0.05, 0) is 25.5 Å². The van der Waals surface area contributed by atoms with Crippen molar-refractivity contribution in [3.63, 3.8) is 0 Å². The van der Waals surface area contributed by atoms with Gasteiger partial charge in [0, 0.05) is 12.7 Å². The van der Waals surface area contributed by atoms with Crippen LogP contribution in [0.25, 0.3) is 0 Å². The molecule has 1 N–H and O–H groups in total. The average molecular weight is 281 g/mol. The molecule has 3 nitrogen and oxygen atoms in total. The second kappa shape index (κ2) is 5.32. The Labute approximate surface area is 107 Å². The van der Waals surface area contributed by atoms with E-state index in [1.54, 1.807) is 0 Å². The summed E-state index contributed by atoms with van der Waals surface area (Å²) in [4.78, 5) is 3.64. The minimum Gasteiger partial charge on any atom is -0.472 e. The first-order valence-electron chi connectivity index (χ1n) is 5.57. The van der Waals surface area contributed by atoms with E-state index in [2.05, 4.69) is 10.3 Å². The van der Waals surface area contributed by atoms with Crippen LogP contribution in [0.3, 0.4) is 0 Å². The maximum Gasteiger partial charge on any atom is 0.417 e. The number of piperidine rings is 1. The fourth-order valence-electron chi connectivity index (χ4n) is 1.75. The number of rotatable bonds is 2. The van der Waals surface area contributed by atoms with Gasteiger partial charge in [-0.25, -0.2) is 4.98 Å². The lowest BCUT2D eigenvalue weighted by atomic mass is 10.1. The zero-order chi connectivity index (χ0) is 13.2. The van der Waals surface area contributed by atoms with Crippen LogP contribution in [-0.2, 0) is 6.18 Å². The number of hydrogen-bond acceptors (Lipinski definition) is 3. The van der Waals surface area contributed by atoms with Gasteiger partial charge in [0.05, 0.1) is 5.56 Å². The van der Waals surface area contributed by atoms with E-state index < -0.39 is 11.7 Å². The Morgan fingerprint density at radius 2 is 2.22 bits per heavy atom. The summed E-state index contributed by atoms with van der Waals surface area (Å²) in [6.07, 6.45) is -2.01. The van der Waals surface area contributed by atoms with Crippen molar-refractivity contribution in [2.75, 3.05) is 13.1 Å². The second-order valence-corrected chi connectivity index (χ2v) is 4.50. The monoisotopic (exact) mass is 280 g/mol. The Kier molecular flexibility index (Phi) is 3.97. The van der Waals surface area contributed by atoms with Crippen molar-refractivity contribution in [3.8, 4) is 5.88 Å². The number of hydrogen-bond donors (Lipinski definition) is 1. The number of ether oxygens (including phenoxy) is 1. The van der Waals surface area contributed by atoms with E-state index in [-0.39, 0.29) is 17.0 Å². The van der Waals surface area contributed by atoms with E-state index in [4.69, 9.17) is 16.3 Å². The van der Waals surface area contributed by atoms with E-state index in [1.165, 1.54) is 0 Å². The third-order valence-corrected chi connectivity index (χ3v) is 2.94. The van der Waals surface area contributed by atoms with E-state index in [0.29, 0.717) is 6.54 Å². The lowest BCUT2D eigenvalue weighted by molar-refractivity contribution is -0.137. The van der Waals surface area contributed by atoms with Crippen molar-refractivity contribution in [1.82, 2.24) is 10.3 Å². The van der Waals surface area contributed by atoms with Gasteiger partial charge in [0.2, 0.25) is 5.88 Å². The molecule has 1 aliphatic rings. The normalized spacial score (nSPS) is 20.8. The van der Waals surface area contributed by atoms with Crippen molar-refractivity contribution in [3.05, 3.63) is 22.8 Å². The molecule has 0 amide bonds. The van der Waals surface area contributed by atoms with E-state index in [1.807, 2.05) is 0 Å². The van der Waals surface area contributed by atoms with Crippen LogP contribution >= 0.6 is 11.6 Å². The highest BCUT2D eigenvalue weighted by molar-refractivity contribution is 6.31. The van der Waals surface area contributed by atoms with Gasteiger partial charge in [0.15, 0.2) is 0 Å². The van der Waals surface area contributed by atoms with Crippen molar-refractivity contribution in [1.29, 1.82) is 0 Å². The number of halogens is 4. The van der Waals surface area contributed by atoms with Crippen LogP contribution in [0.1, 0.15) is 18.4 Å². The number of nitrogens with one attached hydrogen (secondary N) is 1. The summed E-state index contributed by atoms with van der Waals surface area (Å²) in [5, 5.41) is 3.02. The lowest BCUT2D eigenvalue weighted by Crippen LogP contribution is -2.37. The molecule has 2 rings (SSSR count). The van der Waals surface area contributed by atoms with Gasteiger partial charge in [-0.1, -0.05) is 11.6 Å². The maximum absolute atomic E-state index is 12.4. The number of pyridine rings is 1. The van der Waals surface area contributed by atoms with Gasteiger partial charge in [-0.3, -0.25) is 0 Å². The zero-order valence-corrected chi connectivity index (χ0v) is 10.2. The minimum atomic E-state index is -4.44. The molecule has 0 radical (unpaired) electrons. The molecule has 18 heavy (non-hydrogen) atoms. The third kappa shape index (κ3) is 3.26. The molecule has 0 bridgehead atoms. The highest BCUT2D eigenvalue weighted by atomic mass is 35.5. The molecule has 0 aliphatic carbocycles. The van der Waals surface area contributed by atoms with E-state index >= 15 is 0 Å². The Balaban J connectivity index is 2.09. The molecule has 2 heterocycles. The molecule has 100 valence electrons. The van der Waals surface area contributed by atoms with Gasteiger partial charge < -0.3 is 10.1 Å². The molecule has 0 aromatic carbocycles. The van der Waals surface area contributed by atoms with E-state index in [0.717, 1.165) is 31.6 Å². The minimum absolute atomic E-state index is 0.0540. The quantitative estimate of drug-likeness (QED) is 0.904. The summed E-state index contributed by atoms with van der Waals surface area (Å²) in [5.41, 5.74) is -0.874. The van der Waals surface area contributed by atoms with Crippen molar-refractivity contribution in [2.45, 2.75) is 25.1 Å². The third-order valence-electron chi connectivity index (χ3n) is 2.66. The van der Waals surface area contributed by atoms with Crippen molar-refractivity contribution >= 4 is 11.6 Å².